The summed E-state index contributed by atoms with van der Waals surface area (Å²) in [7, 11) is 0. The smallest absolute Gasteiger partial charge is 0.231 e. The zero-order valence-electron chi connectivity index (χ0n) is 12.6. The molecule has 0 atom stereocenters. The Bertz CT molecular complexity index is 937. The maximum absolute atomic E-state index is 12.5. The third-order valence-electron chi connectivity index (χ3n) is 3.86. The number of ether oxygens (including phenoxy) is 2. The van der Waals surface area contributed by atoms with Gasteiger partial charge in [0.1, 0.15) is 11.5 Å². The predicted molar refractivity (Wildman–Crippen MR) is 88.8 cm³/mol. The summed E-state index contributed by atoms with van der Waals surface area (Å²) in [6.07, 6.45) is 3.66. The van der Waals surface area contributed by atoms with Gasteiger partial charge in [0.2, 0.25) is 5.78 Å². The van der Waals surface area contributed by atoms with E-state index in [1.54, 1.807) is 24.3 Å². The van der Waals surface area contributed by atoms with Crippen LogP contribution < -0.4 is 9.47 Å². The first-order valence-electron chi connectivity index (χ1n) is 7.53. The van der Waals surface area contributed by atoms with E-state index in [-0.39, 0.29) is 5.78 Å². The van der Waals surface area contributed by atoms with Crippen molar-refractivity contribution in [1.82, 2.24) is 4.98 Å². The summed E-state index contributed by atoms with van der Waals surface area (Å²) in [5, 5.41) is 1.06. The van der Waals surface area contributed by atoms with Crippen molar-refractivity contribution in [2.75, 3.05) is 6.61 Å². The van der Waals surface area contributed by atoms with Gasteiger partial charge >= 0.3 is 0 Å². The summed E-state index contributed by atoms with van der Waals surface area (Å²) >= 11 is 0. The minimum Gasteiger partial charge on any atom is -0.494 e. The molecule has 3 aromatic rings. The molecule has 1 aromatic heterocycles. The molecule has 1 N–H and O–H groups in total. The second-order valence-corrected chi connectivity index (χ2v) is 5.32. The molecule has 4 heteroatoms. The highest BCUT2D eigenvalue weighted by Crippen LogP contribution is 2.35. The zero-order chi connectivity index (χ0) is 15.8. The van der Waals surface area contributed by atoms with Crippen LogP contribution in [0.5, 0.6) is 11.5 Å². The number of benzene rings is 2. The molecule has 114 valence electrons. The minimum atomic E-state index is -0.103. The Morgan fingerprint density at radius 2 is 2.09 bits per heavy atom. The molecule has 23 heavy (non-hydrogen) atoms. The number of Topliss-reactive ketones (excluding diaryl/α,β-unsaturated/α-hetero) is 1. The van der Waals surface area contributed by atoms with E-state index in [1.165, 1.54) is 0 Å². The third kappa shape index (κ3) is 2.28. The van der Waals surface area contributed by atoms with Crippen LogP contribution in [0, 0.1) is 0 Å². The first-order chi connectivity index (χ1) is 11.3. The molecular formula is C19H15NO3. The quantitative estimate of drug-likeness (QED) is 0.738. The lowest BCUT2D eigenvalue weighted by molar-refractivity contribution is 0.101. The standard InChI is InChI=1S/C19H15NO3/c1-2-22-13-7-8-15-17(10-13)23-18(19(15)21)9-12-11-20-16-6-4-3-5-14(12)16/h3-11,20H,2H2,1H3/b18-9+. The van der Waals surface area contributed by atoms with Crippen molar-refractivity contribution in [3.8, 4) is 11.5 Å². The van der Waals surface area contributed by atoms with Crippen LogP contribution in [-0.2, 0) is 0 Å². The van der Waals surface area contributed by atoms with E-state index in [0.29, 0.717) is 29.4 Å². The van der Waals surface area contributed by atoms with Crippen molar-refractivity contribution in [2.24, 2.45) is 0 Å². The van der Waals surface area contributed by atoms with Crippen molar-refractivity contribution in [2.45, 2.75) is 6.92 Å². The van der Waals surface area contributed by atoms with Crippen LogP contribution in [0.25, 0.3) is 17.0 Å². The molecule has 0 saturated heterocycles. The molecule has 1 aliphatic heterocycles. The Balaban J connectivity index is 1.72. The third-order valence-corrected chi connectivity index (χ3v) is 3.86. The summed E-state index contributed by atoms with van der Waals surface area (Å²) in [5.74, 6) is 1.48. The van der Waals surface area contributed by atoms with E-state index in [9.17, 15) is 4.79 Å². The van der Waals surface area contributed by atoms with Crippen molar-refractivity contribution in [3.63, 3.8) is 0 Å². The van der Waals surface area contributed by atoms with E-state index in [0.717, 1.165) is 16.5 Å². The molecule has 0 amide bonds. The molecule has 0 unspecified atom stereocenters. The van der Waals surface area contributed by atoms with E-state index in [1.807, 2.05) is 37.4 Å². The largest absolute Gasteiger partial charge is 0.494 e. The monoisotopic (exact) mass is 305 g/mol. The number of allylic oxidation sites excluding steroid dienone is 1. The Morgan fingerprint density at radius 3 is 2.96 bits per heavy atom. The molecule has 4 nitrogen and oxygen atoms in total. The molecule has 2 aromatic carbocycles. The van der Waals surface area contributed by atoms with Crippen LogP contribution in [-0.4, -0.2) is 17.4 Å². The van der Waals surface area contributed by atoms with Crippen LogP contribution in [0.15, 0.2) is 54.4 Å². The number of carbonyl (C=O) groups excluding carboxylic acids is 1. The fourth-order valence-electron chi connectivity index (χ4n) is 2.78. The highest BCUT2D eigenvalue weighted by Gasteiger charge is 2.27. The Labute approximate surface area is 133 Å². The lowest BCUT2D eigenvalue weighted by Gasteiger charge is -2.03. The van der Waals surface area contributed by atoms with Crippen molar-refractivity contribution < 1.29 is 14.3 Å². The van der Waals surface area contributed by atoms with E-state index in [2.05, 4.69) is 4.98 Å². The summed E-state index contributed by atoms with van der Waals surface area (Å²) in [6.45, 7) is 2.49. The van der Waals surface area contributed by atoms with Crippen molar-refractivity contribution in [1.29, 1.82) is 0 Å². The summed E-state index contributed by atoms with van der Waals surface area (Å²) < 4.78 is 11.2. The topological polar surface area (TPSA) is 51.3 Å². The lowest BCUT2D eigenvalue weighted by atomic mass is 10.1. The Kier molecular flexibility index (Phi) is 3.15. The fourth-order valence-corrected chi connectivity index (χ4v) is 2.78. The molecule has 4 rings (SSSR count). The fraction of sp³-hybridized carbons (Fsp3) is 0.105. The average Bonchev–Trinajstić information content (AvgIpc) is 3.10. The van der Waals surface area contributed by atoms with Crippen molar-refractivity contribution >= 4 is 22.8 Å². The van der Waals surface area contributed by atoms with Gasteiger partial charge in [-0.15, -0.1) is 0 Å². The highest BCUT2D eigenvalue weighted by atomic mass is 16.5. The van der Waals surface area contributed by atoms with Gasteiger partial charge in [-0.05, 0) is 31.2 Å². The summed E-state index contributed by atoms with van der Waals surface area (Å²) in [5.41, 5.74) is 2.53. The number of aromatic nitrogens is 1. The van der Waals surface area contributed by atoms with Gasteiger partial charge in [0, 0.05) is 28.7 Å². The first kappa shape index (κ1) is 13.6. The van der Waals surface area contributed by atoms with Crippen LogP contribution in [0.4, 0.5) is 0 Å². The second kappa shape index (κ2) is 5.32. The molecule has 0 radical (unpaired) electrons. The van der Waals surface area contributed by atoms with E-state index in [4.69, 9.17) is 9.47 Å². The van der Waals surface area contributed by atoms with Gasteiger partial charge in [-0.25, -0.2) is 0 Å². The van der Waals surface area contributed by atoms with Gasteiger partial charge in [0.15, 0.2) is 5.76 Å². The molecule has 0 aliphatic carbocycles. The van der Waals surface area contributed by atoms with Gasteiger partial charge in [-0.1, -0.05) is 18.2 Å². The molecule has 2 heterocycles. The minimum absolute atomic E-state index is 0.103. The molecule has 0 spiro atoms. The molecule has 0 fully saturated rings. The number of ketones is 1. The number of nitrogens with one attached hydrogen (secondary N) is 1. The summed E-state index contributed by atoms with van der Waals surface area (Å²) in [6, 6.07) is 13.2. The van der Waals surface area contributed by atoms with Gasteiger partial charge < -0.3 is 14.5 Å². The van der Waals surface area contributed by atoms with Crippen LogP contribution in [0.2, 0.25) is 0 Å². The number of para-hydroxylation sites is 1. The Hall–Kier alpha value is -3.01. The van der Waals surface area contributed by atoms with Gasteiger partial charge in [-0.3, -0.25) is 4.79 Å². The van der Waals surface area contributed by atoms with E-state index < -0.39 is 0 Å². The summed E-state index contributed by atoms with van der Waals surface area (Å²) in [4.78, 5) is 15.7. The van der Waals surface area contributed by atoms with Crippen molar-refractivity contribution in [3.05, 3.63) is 65.5 Å². The van der Waals surface area contributed by atoms with Gasteiger partial charge in [0.05, 0.1) is 12.2 Å². The second-order valence-electron chi connectivity index (χ2n) is 5.32. The van der Waals surface area contributed by atoms with Gasteiger partial charge in [0.25, 0.3) is 0 Å². The van der Waals surface area contributed by atoms with Crippen LogP contribution in [0.1, 0.15) is 22.8 Å². The molecular weight excluding hydrogens is 290 g/mol. The maximum atomic E-state index is 12.5. The average molecular weight is 305 g/mol. The maximum Gasteiger partial charge on any atom is 0.231 e. The van der Waals surface area contributed by atoms with E-state index >= 15 is 0 Å². The number of hydrogen-bond donors (Lipinski definition) is 1. The van der Waals surface area contributed by atoms with Crippen LogP contribution in [0.3, 0.4) is 0 Å². The number of fused-ring (bicyclic) bond motifs is 2. The number of rotatable bonds is 3. The molecule has 0 saturated carbocycles. The number of hydrogen-bond acceptors (Lipinski definition) is 3. The first-order valence-corrected chi connectivity index (χ1v) is 7.53. The van der Waals surface area contributed by atoms with Gasteiger partial charge in [-0.2, -0.15) is 0 Å². The molecule has 1 aliphatic rings. The lowest BCUT2D eigenvalue weighted by Crippen LogP contribution is -1.97. The van der Waals surface area contributed by atoms with Crippen LogP contribution >= 0.6 is 0 Å². The number of carbonyl (C=O) groups is 1. The zero-order valence-corrected chi connectivity index (χ0v) is 12.6. The Morgan fingerprint density at radius 1 is 1.22 bits per heavy atom. The number of aromatic amines is 1. The number of H-pyrrole nitrogens is 1. The predicted octanol–water partition coefficient (Wildman–Crippen LogP) is 4.18. The molecule has 0 bridgehead atoms. The SMILES string of the molecule is CCOc1ccc2c(c1)O/C(=C/c1c[nH]c3ccccc13)C2=O. The normalized spacial score (nSPS) is 15.0. The highest BCUT2D eigenvalue weighted by molar-refractivity contribution is 6.15.